The van der Waals surface area contributed by atoms with Gasteiger partial charge in [0.1, 0.15) is 46.9 Å². The van der Waals surface area contributed by atoms with E-state index >= 15 is 0 Å². The zero-order chi connectivity index (χ0) is 30.6. The molecule has 0 amide bonds. The van der Waals surface area contributed by atoms with Crippen LogP contribution < -0.4 is 15.8 Å². The molecule has 2 aromatic carbocycles. The number of hydrogen-bond acceptors (Lipinski definition) is 9. The number of benzene rings is 2. The highest BCUT2D eigenvalue weighted by Gasteiger charge is 2.55. The quantitative estimate of drug-likeness (QED) is 0.179. The van der Waals surface area contributed by atoms with E-state index in [-0.39, 0.29) is 22.8 Å². The molecule has 5 heterocycles. The van der Waals surface area contributed by atoms with Gasteiger partial charge in [-0.15, -0.1) is 11.8 Å². The molecule has 9 nitrogen and oxygen atoms in total. The molecule has 0 bridgehead atoms. The molecule has 2 fully saturated rings. The van der Waals surface area contributed by atoms with E-state index in [9.17, 15) is 0 Å². The third-order valence-corrected chi connectivity index (χ3v) is 10.6. The Kier molecular flexibility index (Phi) is 7.68. The van der Waals surface area contributed by atoms with Gasteiger partial charge in [-0.05, 0) is 90.5 Å². The summed E-state index contributed by atoms with van der Waals surface area (Å²) in [5.74, 6) is 1.52. The average Bonchev–Trinajstić information content (AvgIpc) is 3.63. The summed E-state index contributed by atoms with van der Waals surface area (Å²) in [7, 11) is 1.67. The van der Waals surface area contributed by atoms with Crippen molar-refractivity contribution in [1.82, 2.24) is 19.5 Å². The molecule has 44 heavy (non-hydrogen) atoms. The highest BCUT2D eigenvalue weighted by Crippen LogP contribution is 2.53. The lowest BCUT2D eigenvalue weighted by atomic mass is 10.0. The van der Waals surface area contributed by atoms with Crippen molar-refractivity contribution in [3.8, 4) is 5.75 Å². The molecule has 228 valence electrons. The van der Waals surface area contributed by atoms with Gasteiger partial charge in [0, 0.05) is 23.4 Å². The summed E-state index contributed by atoms with van der Waals surface area (Å²) in [5, 5.41) is 5.74. The van der Waals surface area contributed by atoms with Gasteiger partial charge in [0.2, 0.25) is 0 Å². The normalized spacial score (nSPS) is 22.5. The molecule has 3 N–H and O–H groups in total. The number of thioether (sulfide) groups is 1. The molecule has 7 rings (SSSR count). The number of pyridine rings is 1. The highest BCUT2D eigenvalue weighted by atomic mass is 79.9. The predicted octanol–water partition coefficient (Wildman–Crippen LogP) is 7.02. The molecule has 4 atom stereocenters. The molecule has 2 aliphatic heterocycles. The molecule has 0 saturated carbocycles. The van der Waals surface area contributed by atoms with Crippen molar-refractivity contribution in [3.63, 3.8) is 0 Å². The van der Waals surface area contributed by atoms with Crippen molar-refractivity contribution in [2.24, 2.45) is 0 Å². The maximum Gasteiger partial charge on any atom is 0.163 e. The minimum atomic E-state index is -0.645. The number of nitrogens with one attached hydrogen (secondary N) is 1. The van der Waals surface area contributed by atoms with Crippen LogP contribution in [0.5, 0.6) is 5.75 Å². The third-order valence-electron chi connectivity index (χ3n) is 8.40. The Morgan fingerprint density at radius 3 is 2.64 bits per heavy atom. The van der Waals surface area contributed by atoms with E-state index in [4.69, 9.17) is 24.9 Å². The van der Waals surface area contributed by atoms with E-state index < -0.39 is 5.79 Å². The second-order valence-corrected chi connectivity index (χ2v) is 14.1. The van der Waals surface area contributed by atoms with Crippen LogP contribution in [0.15, 0.2) is 65.5 Å². The second-order valence-electron chi connectivity index (χ2n) is 11.9. The molecule has 0 radical (unpaired) electrons. The first-order chi connectivity index (χ1) is 21.2. The largest absolute Gasteiger partial charge is 0.497 e. The first kappa shape index (κ1) is 29.3. The smallest absolute Gasteiger partial charge is 0.163 e. The fourth-order valence-electron chi connectivity index (χ4n) is 6.31. The van der Waals surface area contributed by atoms with Crippen LogP contribution in [0.25, 0.3) is 21.9 Å². The van der Waals surface area contributed by atoms with Crippen LogP contribution in [0.3, 0.4) is 0 Å². The number of fused-ring (bicyclic) bond motifs is 3. The van der Waals surface area contributed by atoms with Gasteiger partial charge in [-0.1, -0.05) is 24.3 Å². The minimum Gasteiger partial charge on any atom is -0.497 e. The summed E-state index contributed by atoms with van der Waals surface area (Å²) in [6.07, 6.45) is 5.38. The van der Waals surface area contributed by atoms with Gasteiger partial charge in [-0.2, -0.15) is 0 Å². The lowest BCUT2D eigenvalue weighted by molar-refractivity contribution is -0.148. The van der Waals surface area contributed by atoms with Crippen molar-refractivity contribution >= 4 is 61.3 Å². The average molecular weight is 676 g/mol. The molecular weight excluding hydrogens is 640 g/mol. The van der Waals surface area contributed by atoms with Gasteiger partial charge in [-0.3, -0.25) is 0 Å². The Morgan fingerprint density at radius 1 is 1.07 bits per heavy atom. The fraction of sp³-hybridized carbons (Fsp3) is 0.364. The van der Waals surface area contributed by atoms with Crippen LogP contribution in [-0.4, -0.2) is 49.9 Å². The number of rotatable bonds is 8. The van der Waals surface area contributed by atoms with Crippen LogP contribution in [0, 0.1) is 6.92 Å². The lowest BCUT2D eigenvalue weighted by Crippen LogP contribution is -2.29. The predicted molar refractivity (Wildman–Crippen MR) is 179 cm³/mol. The number of ether oxygens (including phenoxy) is 3. The number of halogens is 1. The fourth-order valence-corrected chi connectivity index (χ4v) is 8.42. The van der Waals surface area contributed by atoms with Gasteiger partial charge < -0.3 is 29.8 Å². The molecule has 2 saturated heterocycles. The minimum absolute atomic E-state index is 0.0206. The number of nitrogen functional groups attached to an aromatic ring is 1. The first-order valence-corrected chi connectivity index (χ1v) is 16.5. The van der Waals surface area contributed by atoms with E-state index in [1.807, 2.05) is 37.7 Å². The zero-order valence-corrected chi connectivity index (χ0v) is 27.5. The standard InChI is InChI=1S/C33H35BrN6O3S/c1-18-16-40(31-26(18)29(35)37-17-38-31)32-28-27(42-33(2,3)43-28)25(44-32)12-8-19-5-9-21-14-23(34)30(39-24(21)13-19)36-15-20-6-10-22(41-4)11-7-20/h5-7,9-11,13-14,16-17,25,27-28,32H,8,12,15H2,1-4H3,(H,36,39)(H2,35,37,38)/t25-,27-,28-,32-/m1/s1. The van der Waals surface area contributed by atoms with Gasteiger partial charge in [0.05, 0.1) is 22.5 Å². The van der Waals surface area contributed by atoms with Crippen molar-refractivity contribution in [3.05, 3.63) is 82.2 Å². The summed E-state index contributed by atoms with van der Waals surface area (Å²) in [5.41, 5.74) is 11.5. The molecule has 0 spiro atoms. The number of nitrogens with two attached hydrogens (primary N) is 1. The topological polar surface area (TPSA) is 109 Å². The monoisotopic (exact) mass is 674 g/mol. The summed E-state index contributed by atoms with van der Waals surface area (Å²) >= 11 is 5.59. The van der Waals surface area contributed by atoms with Gasteiger partial charge in [0.15, 0.2) is 5.79 Å². The Hall–Kier alpha value is -3.38. The molecule has 0 unspecified atom stereocenters. The van der Waals surface area contributed by atoms with Crippen LogP contribution >= 0.6 is 27.7 Å². The molecular formula is C33H35BrN6O3S. The summed E-state index contributed by atoms with van der Waals surface area (Å²) in [4.78, 5) is 13.8. The Labute approximate surface area is 269 Å². The maximum absolute atomic E-state index is 6.50. The molecule has 0 aliphatic carbocycles. The highest BCUT2D eigenvalue weighted by molar-refractivity contribution is 9.10. The lowest BCUT2D eigenvalue weighted by Gasteiger charge is -2.24. The number of hydrogen-bond donors (Lipinski definition) is 2. The molecule has 2 aliphatic rings. The van der Waals surface area contributed by atoms with Crippen LogP contribution in [0.2, 0.25) is 0 Å². The number of nitrogens with zero attached hydrogens (tertiary/aromatic N) is 4. The zero-order valence-electron chi connectivity index (χ0n) is 25.1. The Bertz CT molecular complexity index is 1850. The van der Waals surface area contributed by atoms with E-state index in [0.717, 1.165) is 61.9 Å². The summed E-state index contributed by atoms with van der Waals surface area (Å²) < 4.78 is 21.4. The van der Waals surface area contributed by atoms with Gasteiger partial charge >= 0.3 is 0 Å². The molecule has 5 aromatic rings. The summed E-state index contributed by atoms with van der Waals surface area (Å²) in [6.45, 7) is 6.71. The maximum atomic E-state index is 6.50. The van der Waals surface area contributed by atoms with Crippen molar-refractivity contribution in [2.75, 3.05) is 18.2 Å². The second kappa shape index (κ2) is 11.5. The van der Waals surface area contributed by atoms with E-state index in [0.29, 0.717) is 12.4 Å². The van der Waals surface area contributed by atoms with Gasteiger partial charge in [-0.25, -0.2) is 15.0 Å². The first-order valence-electron chi connectivity index (χ1n) is 14.7. The molecule has 3 aromatic heterocycles. The van der Waals surface area contributed by atoms with Gasteiger partial charge in [0.25, 0.3) is 0 Å². The number of aryl methyl sites for hydroxylation is 2. The van der Waals surface area contributed by atoms with Crippen LogP contribution in [-0.2, 0) is 22.4 Å². The number of aromatic nitrogens is 4. The van der Waals surface area contributed by atoms with Crippen molar-refractivity contribution < 1.29 is 14.2 Å². The van der Waals surface area contributed by atoms with E-state index in [2.05, 4.69) is 85.3 Å². The SMILES string of the molecule is COc1ccc(CNc2nc3cc(CC[C@H]4S[C@@H](n5cc(C)c6c(N)ncnc65)[C@@H]5OC(C)(C)O[C@@H]54)ccc3cc2Br)cc1. The number of anilines is 2. The Morgan fingerprint density at radius 2 is 1.84 bits per heavy atom. The van der Waals surface area contributed by atoms with Crippen LogP contribution in [0.1, 0.15) is 42.3 Å². The van der Waals surface area contributed by atoms with E-state index in [1.54, 1.807) is 7.11 Å². The molecule has 11 heteroatoms. The Balaban J connectivity index is 1.09. The van der Waals surface area contributed by atoms with E-state index in [1.165, 1.54) is 11.9 Å². The summed E-state index contributed by atoms with van der Waals surface area (Å²) in [6, 6.07) is 16.7. The van der Waals surface area contributed by atoms with Crippen LogP contribution in [0.4, 0.5) is 11.6 Å². The third kappa shape index (κ3) is 5.51. The van der Waals surface area contributed by atoms with Crippen molar-refractivity contribution in [1.29, 1.82) is 0 Å². The number of methoxy groups -OCH3 is 1. The van der Waals surface area contributed by atoms with Crippen molar-refractivity contribution in [2.45, 2.75) is 68.8 Å².